The number of nitrogens with one attached hydrogen (secondary N) is 1. The number of pyridine rings is 1. The molecule has 1 amide bonds. The molecule has 0 aliphatic rings. The zero-order valence-electron chi connectivity index (χ0n) is 21.6. The Balaban J connectivity index is 0.000000673. The molecule has 3 rings (SSSR count). The van der Waals surface area contributed by atoms with Gasteiger partial charge in [-0.1, -0.05) is 37.3 Å². The molecule has 0 aliphatic heterocycles. The van der Waals surface area contributed by atoms with Gasteiger partial charge in [-0.3, -0.25) is 19.7 Å². The van der Waals surface area contributed by atoms with E-state index < -0.39 is 12.1 Å². The zero-order chi connectivity index (χ0) is 28.8. The molecule has 3 aromatic rings. The van der Waals surface area contributed by atoms with Crippen LogP contribution < -0.4 is 5.32 Å². The highest BCUT2D eigenvalue weighted by molar-refractivity contribution is 5.78. The van der Waals surface area contributed by atoms with E-state index in [9.17, 15) is 18.0 Å². The molecule has 0 spiro atoms. The minimum absolute atomic E-state index is 0.166. The average molecular weight is 543 g/mol. The predicted molar refractivity (Wildman–Crippen MR) is 137 cm³/mol. The summed E-state index contributed by atoms with van der Waals surface area (Å²) in [5.41, 5.74) is 5.56. The molecule has 0 saturated heterocycles. The van der Waals surface area contributed by atoms with Crippen molar-refractivity contribution in [2.75, 3.05) is 6.54 Å². The standard InChI is InChI=1S/C25H28N6O.C2HF3O2/c1-3-12-27-14-21-6-9-24(30-15-21)22-7-4-20(5-8-22)17-31(25(32)10-11-26)18-23-16-28-19(2)13-29-23;3-2(4,5)1(6)7/h4-9,13,15-16,27H,3,10,12,14,17-18H2,1-2H3;(H,6,7). The van der Waals surface area contributed by atoms with Crippen LogP contribution in [0.15, 0.2) is 55.0 Å². The van der Waals surface area contributed by atoms with Crippen LogP contribution in [-0.4, -0.2) is 49.6 Å². The van der Waals surface area contributed by atoms with Crippen molar-refractivity contribution < 1.29 is 27.9 Å². The lowest BCUT2D eigenvalue weighted by molar-refractivity contribution is -0.192. The first-order valence-corrected chi connectivity index (χ1v) is 12.0. The topological polar surface area (TPSA) is 132 Å². The minimum Gasteiger partial charge on any atom is -0.475 e. The molecular weight excluding hydrogens is 513 g/mol. The van der Waals surface area contributed by atoms with Gasteiger partial charge in [-0.2, -0.15) is 18.4 Å². The first kappa shape index (κ1) is 30.9. The molecule has 0 saturated carbocycles. The van der Waals surface area contributed by atoms with Crippen molar-refractivity contribution in [1.82, 2.24) is 25.2 Å². The lowest BCUT2D eigenvalue weighted by Gasteiger charge is -2.21. The third-order valence-corrected chi connectivity index (χ3v) is 5.22. The summed E-state index contributed by atoms with van der Waals surface area (Å²) in [7, 11) is 0. The van der Waals surface area contributed by atoms with E-state index in [0.717, 1.165) is 47.6 Å². The number of hydrogen-bond donors (Lipinski definition) is 2. The fourth-order valence-electron chi connectivity index (χ4n) is 3.22. The normalized spacial score (nSPS) is 10.7. The van der Waals surface area contributed by atoms with Gasteiger partial charge in [0.1, 0.15) is 6.42 Å². The molecule has 0 radical (unpaired) electrons. The summed E-state index contributed by atoms with van der Waals surface area (Å²) in [5.74, 6) is -2.99. The van der Waals surface area contributed by atoms with Gasteiger partial charge >= 0.3 is 12.1 Å². The lowest BCUT2D eigenvalue weighted by atomic mass is 10.1. The SMILES string of the molecule is CCCNCc1ccc(-c2ccc(CN(Cc3cnc(C)cn3)C(=O)CC#N)cc2)nc1.O=C(O)C(F)(F)F. The largest absolute Gasteiger partial charge is 0.490 e. The first-order chi connectivity index (χ1) is 18.5. The van der Waals surface area contributed by atoms with E-state index in [4.69, 9.17) is 15.2 Å². The number of halogens is 3. The summed E-state index contributed by atoms with van der Waals surface area (Å²) < 4.78 is 31.7. The number of amides is 1. The summed E-state index contributed by atoms with van der Waals surface area (Å²) in [6.07, 6.45) is 1.10. The number of carbonyl (C=O) groups is 2. The maximum absolute atomic E-state index is 12.5. The van der Waals surface area contributed by atoms with E-state index >= 15 is 0 Å². The second-order valence-corrected chi connectivity index (χ2v) is 8.46. The van der Waals surface area contributed by atoms with Gasteiger partial charge in [0.05, 0.1) is 35.9 Å². The molecule has 206 valence electrons. The predicted octanol–water partition coefficient (Wildman–Crippen LogP) is 4.42. The summed E-state index contributed by atoms with van der Waals surface area (Å²) in [6, 6.07) is 14.0. The second kappa shape index (κ2) is 15.1. The second-order valence-electron chi connectivity index (χ2n) is 8.46. The molecule has 2 aromatic heterocycles. The van der Waals surface area contributed by atoms with Crippen LogP contribution in [0.1, 0.15) is 42.3 Å². The number of alkyl halides is 3. The number of aromatic nitrogens is 3. The average Bonchev–Trinajstić information content (AvgIpc) is 2.90. The van der Waals surface area contributed by atoms with Crippen LogP contribution in [0.2, 0.25) is 0 Å². The molecule has 0 unspecified atom stereocenters. The highest BCUT2D eigenvalue weighted by Crippen LogP contribution is 2.19. The van der Waals surface area contributed by atoms with Crippen molar-refractivity contribution in [1.29, 1.82) is 5.26 Å². The van der Waals surface area contributed by atoms with Crippen molar-refractivity contribution in [3.8, 4) is 17.3 Å². The Morgan fingerprint density at radius 1 is 1.00 bits per heavy atom. The number of aliphatic carboxylic acids is 1. The number of rotatable bonds is 10. The number of nitriles is 1. The minimum atomic E-state index is -5.08. The summed E-state index contributed by atoms with van der Waals surface area (Å²) in [6.45, 7) is 6.53. The van der Waals surface area contributed by atoms with Crippen molar-refractivity contribution in [3.05, 3.63) is 77.5 Å². The smallest absolute Gasteiger partial charge is 0.475 e. The third kappa shape index (κ3) is 10.9. The van der Waals surface area contributed by atoms with Crippen LogP contribution in [-0.2, 0) is 29.2 Å². The van der Waals surface area contributed by atoms with E-state index in [2.05, 4.69) is 33.3 Å². The van der Waals surface area contributed by atoms with E-state index in [1.807, 2.05) is 49.5 Å². The lowest BCUT2D eigenvalue weighted by Crippen LogP contribution is -2.30. The Morgan fingerprint density at radius 2 is 1.67 bits per heavy atom. The van der Waals surface area contributed by atoms with E-state index in [-0.39, 0.29) is 12.3 Å². The molecular formula is C27H29F3N6O3. The Labute approximate surface area is 224 Å². The number of carbonyl (C=O) groups excluding carboxylic acids is 1. The number of nitrogens with zero attached hydrogens (tertiary/aromatic N) is 5. The molecule has 2 N–H and O–H groups in total. The Hall–Kier alpha value is -4.37. The number of carboxylic acids is 1. The van der Waals surface area contributed by atoms with Crippen LogP contribution in [0, 0.1) is 18.3 Å². The fourth-order valence-corrected chi connectivity index (χ4v) is 3.22. The molecule has 0 bridgehead atoms. The number of hydrogen-bond acceptors (Lipinski definition) is 7. The van der Waals surface area contributed by atoms with Gasteiger partial charge in [-0.25, -0.2) is 4.79 Å². The summed E-state index contributed by atoms with van der Waals surface area (Å²) >= 11 is 0. The van der Waals surface area contributed by atoms with Crippen molar-refractivity contribution in [3.63, 3.8) is 0 Å². The van der Waals surface area contributed by atoms with Gasteiger partial charge in [0.25, 0.3) is 0 Å². The molecule has 1 aromatic carbocycles. The van der Waals surface area contributed by atoms with Gasteiger partial charge in [0.15, 0.2) is 0 Å². The van der Waals surface area contributed by atoms with Gasteiger partial charge in [0.2, 0.25) is 5.91 Å². The number of benzene rings is 1. The van der Waals surface area contributed by atoms with Crippen molar-refractivity contribution in [2.24, 2.45) is 0 Å². The van der Waals surface area contributed by atoms with E-state index in [0.29, 0.717) is 18.8 Å². The van der Waals surface area contributed by atoms with Gasteiger partial charge < -0.3 is 15.3 Å². The van der Waals surface area contributed by atoms with Crippen molar-refractivity contribution >= 4 is 11.9 Å². The number of aryl methyl sites for hydroxylation is 1. The monoisotopic (exact) mass is 542 g/mol. The highest BCUT2D eigenvalue weighted by Gasteiger charge is 2.38. The van der Waals surface area contributed by atoms with Gasteiger partial charge in [-0.05, 0) is 37.1 Å². The molecule has 2 heterocycles. The molecule has 0 fully saturated rings. The van der Waals surface area contributed by atoms with Crippen LogP contribution in [0.4, 0.5) is 13.2 Å². The van der Waals surface area contributed by atoms with Crippen LogP contribution in [0.25, 0.3) is 11.3 Å². The van der Waals surface area contributed by atoms with Crippen LogP contribution >= 0.6 is 0 Å². The summed E-state index contributed by atoms with van der Waals surface area (Å²) in [4.78, 5) is 36.2. The van der Waals surface area contributed by atoms with Gasteiger partial charge in [-0.15, -0.1) is 0 Å². The summed E-state index contributed by atoms with van der Waals surface area (Å²) in [5, 5.41) is 19.5. The zero-order valence-corrected chi connectivity index (χ0v) is 21.6. The van der Waals surface area contributed by atoms with Gasteiger partial charge in [0, 0.05) is 31.0 Å². The van der Waals surface area contributed by atoms with E-state index in [1.54, 1.807) is 17.3 Å². The molecule has 39 heavy (non-hydrogen) atoms. The maximum Gasteiger partial charge on any atom is 0.490 e. The van der Waals surface area contributed by atoms with Crippen molar-refractivity contribution in [2.45, 2.75) is 52.5 Å². The van der Waals surface area contributed by atoms with Crippen LogP contribution in [0.3, 0.4) is 0 Å². The quantitative estimate of drug-likeness (QED) is 0.360. The number of carboxylic acid groups (broad SMARTS) is 1. The fraction of sp³-hybridized carbons (Fsp3) is 0.333. The first-order valence-electron chi connectivity index (χ1n) is 12.0. The Kier molecular flexibility index (Phi) is 12.0. The van der Waals surface area contributed by atoms with E-state index in [1.165, 1.54) is 0 Å². The molecule has 0 aliphatic carbocycles. The third-order valence-electron chi connectivity index (χ3n) is 5.22. The Bertz CT molecular complexity index is 1240. The Morgan fingerprint density at radius 3 is 2.18 bits per heavy atom. The highest BCUT2D eigenvalue weighted by atomic mass is 19.4. The molecule has 9 nitrogen and oxygen atoms in total. The van der Waals surface area contributed by atoms with Crippen LogP contribution in [0.5, 0.6) is 0 Å². The molecule has 12 heteroatoms. The maximum atomic E-state index is 12.5. The molecule has 0 atom stereocenters.